The summed E-state index contributed by atoms with van der Waals surface area (Å²) >= 11 is 0. The molecule has 1 aromatic rings. The molecule has 0 unspecified atom stereocenters. The first kappa shape index (κ1) is 11.3. The number of hydrogen-bond acceptors (Lipinski definition) is 5. The zero-order valence-electron chi connectivity index (χ0n) is 9.19. The van der Waals surface area contributed by atoms with Crippen molar-refractivity contribution in [1.82, 2.24) is 10.3 Å². The van der Waals surface area contributed by atoms with Gasteiger partial charge in [0.05, 0.1) is 25.5 Å². The minimum atomic E-state index is 0.250. The van der Waals surface area contributed by atoms with Crippen LogP contribution in [0.5, 0.6) is 5.75 Å². The van der Waals surface area contributed by atoms with Gasteiger partial charge >= 0.3 is 0 Å². The molecule has 1 saturated heterocycles. The molecule has 1 aliphatic heterocycles. The van der Waals surface area contributed by atoms with Crippen LogP contribution in [0, 0.1) is 0 Å². The largest absolute Gasteiger partial charge is 0.490 e. The molecule has 0 bridgehead atoms. The summed E-state index contributed by atoms with van der Waals surface area (Å²) in [6.45, 7) is 3.39. The second-order valence-corrected chi connectivity index (χ2v) is 3.72. The van der Waals surface area contributed by atoms with E-state index in [0.717, 1.165) is 24.5 Å². The Morgan fingerprint density at radius 2 is 2.56 bits per heavy atom. The van der Waals surface area contributed by atoms with Crippen molar-refractivity contribution in [2.45, 2.75) is 12.6 Å². The van der Waals surface area contributed by atoms with Crippen LogP contribution in [-0.4, -0.2) is 37.4 Å². The van der Waals surface area contributed by atoms with Crippen LogP contribution >= 0.6 is 0 Å². The summed E-state index contributed by atoms with van der Waals surface area (Å²) in [5.41, 5.74) is 6.59. The number of nitrogens with one attached hydrogen (secondary N) is 1. The van der Waals surface area contributed by atoms with Gasteiger partial charge in [-0.05, 0) is 6.07 Å². The van der Waals surface area contributed by atoms with Gasteiger partial charge in [0.1, 0.15) is 12.4 Å². The van der Waals surface area contributed by atoms with Crippen LogP contribution in [0.2, 0.25) is 0 Å². The Morgan fingerprint density at radius 1 is 1.62 bits per heavy atom. The summed E-state index contributed by atoms with van der Waals surface area (Å²) in [6.07, 6.45) is 3.42. The van der Waals surface area contributed by atoms with Crippen molar-refractivity contribution in [1.29, 1.82) is 0 Å². The molecule has 0 aromatic carbocycles. The topological polar surface area (TPSA) is 69.4 Å². The minimum absolute atomic E-state index is 0.250. The Labute approximate surface area is 95.0 Å². The standard InChI is InChI=1S/C11H17N3O2/c12-5-9-1-2-13-6-11(9)16-8-10-7-15-4-3-14-10/h1-2,6,10,14H,3-5,7-8,12H2/t10-/m0/s1. The van der Waals surface area contributed by atoms with Gasteiger partial charge in [0.15, 0.2) is 0 Å². The van der Waals surface area contributed by atoms with Crippen LogP contribution in [0.4, 0.5) is 0 Å². The van der Waals surface area contributed by atoms with E-state index in [1.165, 1.54) is 0 Å². The van der Waals surface area contributed by atoms with E-state index in [9.17, 15) is 0 Å². The van der Waals surface area contributed by atoms with Gasteiger partial charge in [-0.15, -0.1) is 0 Å². The molecular weight excluding hydrogens is 206 g/mol. The van der Waals surface area contributed by atoms with Crippen LogP contribution < -0.4 is 15.8 Å². The molecule has 0 radical (unpaired) electrons. The second kappa shape index (κ2) is 5.79. The molecule has 5 nitrogen and oxygen atoms in total. The van der Waals surface area contributed by atoms with E-state index in [4.69, 9.17) is 15.2 Å². The summed E-state index contributed by atoms with van der Waals surface area (Å²) in [6, 6.07) is 2.12. The van der Waals surface area contributed by atoms with Crippen molar-refractivity contribution < 1.29 is 9.47 Å². The van der Waals surface area contributed by atoms with Gasteiger partial charge < -0.3 is 20.5 Å². The highest BCUT2D eigenvalue weighted by molar-refractivity contribution is 5.29. The fourth-order valence-electron chi connectivity index (χ4n) is 1.62. The molecule has 2 rings (SSSR count). The summed E-state index contributed by atoms with van der Waals surface area (Å²) < 4.78 is 11.0. The smallest absolute Gasteiger partial charge is 0.142 e. The molecular formula is C11H17N3O2. The number of aromatic nitrogens is 1. The average Bonchev–Trinajstić information content (AvgIpc) is 2.38. The molecule has 1 aromatic heterocycles. The predicted octanol–water partition coefficient (Wildman–Crippen LogP) is -0.0925. The lowest BCUT2D eigenvalue weighted by atomic mass is 10.2. The maximum atomic E-state index is 5.68. The van der Waals surface area contributed by atoms with Gasteiger partial charge in [-0.1, -0.05) is 0 Å². The van der Waals surface area contributed by atoms with E-state index >= 15 is 0 Å². The third-order valence-electron chi connectivity index (χ3n) is 2.53. The lowest BCUT2D eigenvalue weighted by Crippen LogP contribution is -2.44. The zero-order chi connectivity index (χ0) is 11.2. The molecule has 2 heterocycles. The Kier molecular flexibility index (Phi) is 4.10. The lowest BCUT2D eigenvalue weighted by molar-refractivity contribution is 0.0590. The molecule has 0 amide bonds. The quantitative estimate of drug-likeness (QED) is 0.746. The number of nitrogens with zero attached hydrogens (tertiary/aromatic N) is 1. The number of rotatable bonds is 4. The number of morpholine rings is 1. The van der Waals surface area contributed by atoms with Gasteiger partial charge in [-0.3, -0.25) is 4.98 Å². The number of hydrogen-bond donors (Lipinski definition) is 2. The third kappa shape index (κ3) is 2.91. The van der Waals surface area contributed by atoms with Crippen molar-refractivity contribution in [3.8, 4) is 5.75 Å². The lowest BCUT2D eigenvalue weighted by Gasteiger charge is -2.24. The van der Waals surface area contributed by atoms with E-state index in [1.807, 2.05) is 6.07 Å². The predicted molar refractivity (Wildman–Crippen MR) is 60.2 cm³/mol. The molecule has 3 N–H and O–H groups in total. The molecule has 0 spiro atoms. The second-order valence-electron chi connectivity index (χ2n) is 3.72. The summed E-state index contributed by atoms with van der Waals surface area (Å²) in [7, 11) is 0. The van der Waals surface area contributed by atoms with E-state index in [-0.39, 0.29) is 6.04 Å². The Hall–Kier alpha value is -1.17. The zero-order valence-corrected chi connectivity index (χ0v) is 9.19. The monoisotopic (exact) mass is 223 g/mol. The summed E-state index contributed by atoms with van der Waals surface area (Å²) in [5, 5.41) is 3.33. The van der Waals surface area contributed by atoms with Gasteiger partial charge in [0.2, 0.25) is 0 Å². The highest BCUT2D eigenvalue weighted by Gasteiger charge is 2.14. The van der Waals surface area contributed by atoms with Crippen LogP contribution in [0.3, 0.4) is 0 Å². The van der Waals surface area contributed by atoms with Gasteiger partial charge in [-0.2, -0.15) is 0 Å². The molecule has 16 heavy (non-hydrogen) atoms. The number of pyridine rings is 1. The van der Waals surface area contributed by atoms with Crippen molar-refractivity contribution in [3.05, 3.63) is 24.0 Å². The summed E-state index contributed by atoms with van der Waals surface area (Å²) in [5.74, 6) is 0.761. The van der Waals surface area contributed by atoms with Crippen LogP contribution in [0.25, 0.3) is 0 Å². The number of nitrogens with two attached hydrogens (primary N) is 1. The first-order chi connectivity index (χ1) is 7.90. The van der Waals surface area contributed by atoms with E-state index in [2.05, 4.69) is 10.3 Å². The van der Waals surface area contributed by atoms with E-state index in [1.54, 1.807) is 12.4 Å². The SMILES string of the molecule is NCc1ccncc1OC[C@@H]1COCCN1. The maximum absolute atomic E-state index is 5.68. The van der Waals surface area contributed by atoms with Crippen molar-refractivity contribution in [2.24, 2.45) is 5.73 Å². The van der Waals surface area contributed by atoms with Crippen molar-refractivity contribution in [3.63, 3.8) is 0 Å². The van der Waals surface area contributed by atoms with Crippen LogP contribution in [0.1, 0.15) is 5.56 Å². The van der Waals surface area contributed by atoms with Crippen molar-refractivity contribution in [2.75, 3.05) is 26.4 Å². The molecule has 1 fully saturated rings. The molecule has 1 aliphatic rings. The number of ether oxygens (including phenoxy) is 2. The molecule has 0 aliphatic carbocycles. The van der Waals surface area contributed by atoms with Crippen LogP contribution in [0.15, 0.2) is 18.5 Å². The molecule has 0 saturated carbocycles. The average molecular weight is 223 g/mol. The molecule has 88 valence electrons. The normalized spacial score (nSPS) is 20.7. The Bertz CT molecular complexity index is 327. The minimum Gasteiger partial charge on any atom is -0.490 e. The highest BCUT2D eigenvalue weighted by atomic mass is 16.5. The van der Waals surface area contributed by atoms with Crippen LogP contribution in [-0.2, 0) is 11.3 Å². The summed E-state index contributed by atoms with van der Waals surface area (Å²) in [4.78, 5) is 4.02. The first-order valence-electron chi connectivity index (χ1n) is 5.47. The first-order valence-corrected chi connectivity index (χ1v) is 5.47. The van der Waals surface area contributed by atoms with Gasteiger partial charge in [0.25, 0.3) is 0 Å². The fourth-order valence-corrected chi connectivity index (χ4v) is 1.62. The van der Waals surface area contributed by atoms with Gasteiger partial charge in [0, 0.05) is 24.8 Å². The van der Waals surface area contributed by atoms with E-state index in [0.29, 0.717) is 19.8 Å². The van der Waals surface area contributed by atoms with Crippen molar-refractivity contribution >= 4 is 0 Å². The van der Waals surface area contributed by atoms with Gasteiger partial charge in [-0.25, -0.2) is 0 Å². The molecule has 1 atom stereocenters. The molecule has 5 heteroatoms. The Balaban J connectivity index is 1.88. The van der Waals surface area contributed by atoms with E-state index < -0.39 is 0 Å². The Morgan fingerprint density at radius 3 is 3.31 bits per heavy atom. The highest BCUT2D eigenvalue weighted by Crippen LogP contribution is 2.15. The maximum Gasteiger partial charge on any atom is 0.142 e. The third-order valence-corrected chi connectivity index (χ3v) is 2.53. The fraction of sp³-hybridized carbons (Fsp3) is 0.545.